The molecule has 8 heteroatoms. The quantitative estimate of drug-likeness (QED) is 0.564. The first-order chi connectivity index (χ1) is 12.9. The Morgan fingerprint density at radius 1 is 1.19 bits per heavy atom. The molecule has 136 valence electrons. The van der Waals surface area contributed by atoms with Gasteiger partial charge >= 0.3 is 0 Å². The molecule has 0 saturated carbocycles. The van der Waals surface area contributed by atoms with E-state index >= 15 is 0 Å². The molecule has 0 bridgehead atoms. The van der Waals surface area contributed by atoms with Crippen molar-refractivity contribution in [2.24, 2.45) is 7.05 Å². The first-order valence-corrected chi connectivity index (χ1v) is 8.96. The molecule has 0 unspecified atom stereocenters. The number of hydrogen-bond donors (Lipinski definition) is 1. The molecule has 3 aromatic heterocycles. The Hall–Kier alpha value is -3.13. The van der Waals surface area contributed by atoms with Crippen LogP contribution in [0.4, 0.5) is 14.5 Å². The number of amides is 1. The van der Waals surface area contributed by atoms with E-state index in [0.717, 1.165) is 23.1 Å². The van der Waals surface area contributed by atoms with E-state index in [0.29, 0.717) is 28.0 Å². The zero-order valence-electron chi connectivity index (χ0n) is 14.5. The number of pyridine rings is 1. The Kier molecular flexibility index (Phi) is 4.19. The van der Waals surface area contributed by atoms with E-state index < -0.39 is 17.5 Å². The van der Waals surface area contributed by atoms with Gasteiger partial charge in [0.2, 0.25) is 0 Å². The van der Waals surface area contributed by atoms with E-state index in [9.17, 15) is 13.6 Å². The van der Waals surface area contributed by atoms with Crippen LogP contribution < -0.4 is 5.32 Å². The molecule has 0 aliphatic carbocycles. The minimum Gasteiger partial charge on any atom is -0.322 e. The van der Waals surface area contributed by atoms with Crippen molar-refractivity contribution >= 4 is 34.0 Å². The summed E-state index contributed by atoms with van der Waals surface area (Å²) in [4.78, 5) is 18.4. The zero-order chi connectivity index (χ0) is 19.1. The predicted molar refractivity (Wildman–Crippen MR) is 101 cm³/mol. The van der Waals surface area contributed by atoms with Gasteiger partial charge in [-0.05, 0) is 36.6 Å². The molecule has 4 rings (SSSR count). The van der Waals surface area contributed by atoms with E-state index in [1.54, 1.807) is 24.7 Å². The summed E-state index contributed by atoms with van der Waals surface area (Å²) in [5, 5.41) is 9.43. The van der Waals surface area contributed by atoms with Crippen molar-refractivity contribution in [1.29, 1.82) is 0 Å². The normalized spacial score (nSPS) is 11.1. The van der Waals surface area contributed by atoms with Crippen LogP contribution in [0.25, 0.3) is 21.6 Å². The van der Waals surface area contributed by atoms with Gasteiger partial charge in [-0.15, -0.1) is 11.3 Å². The number of thiophene rings is 1. The molecule has 27 heavy (non-hydrogen) atoms. The summed E-state index contributed by atoms with van der Waals surface area (Å²) in [5.41, 5.74) is 2.23. The molecule has 0 spiro atoms. The number of aryl methyl sites for hydroxylation is 2. The number of aromatic nitrogens is 3. The highest BCUT2D eigenvalue weighted by molar-refractivity contribution is 7.13. The summed E-state index contributed by atoms with van der Waals surface area (Å²) in [5.74, 6) is -2.01. The van der Waals surface area contributed by atoms with Crippen molar-refractivity contribution in [1.82, 2.24) is 14.8 Å². The number of rotatable bonds is 3. The Morgan fingerprint density at radius 3 is 2.59 bits per heavy atom. The molecule has 1 aromatic carbocycles. The van der Waals surface area contributed by atoms with Crippen LogP contribution in [0.15, 0.2) is 41.8 Å². The van der Waals surface area contributed by atoms with Crippen LogP contribution in [-0.4, -0.2) is 20.7 Å². The average molecular weight is 384 g/mol. The van der Waals surface area contributed by atoms with Gasteiger partial charge < -0.3 is 5.32 Å². The summed E-state index contributed by atoms with van der Waals surface area (Å²) in [6.07, 6.45) is 0. The smallest absolute Gasteiger partial charge is 0.256 e. The molecule has 0 radical (unpaired) electrons. The molecule has 3 heterocycles. The maximum atomic E-state index is 13.4. The van der Waals surface area contributed by atoms with Crippen LogP contribution in [0.3, 0.4) is 0 Å². The van der Waals surface area contributed by atoms with Gasteiger partial charge in [0.1, 0.15) is 11.6 Å². The molecule has 5 nitrogen and oxygen atoms in total. The van der Waals surface area contributed by atoms with Gasteiger partial charge in [-0.25, -0.2) is 13.8 Å². The summed E-state index contributed by atoms with van der Waals surface area (Å²) in [6, 6.07) is 8.36. The molecule has 1 N–H and O–H groups in total. The zero-order valence-corrected chi connectivity index (χ0v) is 15.3. The number of hydrogen-bond acceptors (Lipinski definition) is 4. The maximum absolute atomic E-state index is 13.4. The molecule has 0 aliphatic rings. The van der Waals surface area contributed by atoms with E-state index in [1.807, 2.05) is 17.5 Å². The summed E-state index contributed by atoms with van der Waals surface area (Å²) in [7, 11) is 1.75. The third kappa shape index (κ3) is 3.19. The second-order valence-corrected chi connectivity index (χ2v) is 7.00. The number of carbonyl (C=O) groups excluding carboxylic acids is 1. The minimum atomic E-state index is -0.762. The van der Waals surface area contributed by atoms with Crippen LogP contribution in [-0.2, 0) is 7.05 Å². The molecule has 0 saturated heterocycles. The summed E-state index contributed by atoms with van der Waals surface area (Å²) < 4.78 is 28.5. The van der Waals surface area contributed by atoms with Gasteiger partial charge in [-0.2, -0.15) is 5.10 Å². The lowest BCUT2D eigenvalue weighted by Crippen LogP contribution is -2.13. The Morgan fingerprint density at radius 2 is 1.93 bits per heavy atom. The Bertz CT molecular complexity index is 1150. The first kappa shape index (κ1) is 17.3. The number of fused-ring (bicyclic) bond motifs is 1. The van der Waals surface area contributed by atoms with Crippen molar-refractivity contribution in [3.05, 3.63) is 64.7 Å². The number of halogens is 2. The monoisotopic (exact) mass is 384 g/mol. The van der Waals surface area contributed by atoms with E-state index in [4.69, 9.17) is 0 Å². The van der Waals surface area contributed by atoms with E-state index in [2.05, 4.69) is 15.4 Å². The summed E-state index contributed by atoms with van der Waals surface area (Å²) in [6.45, 7) is 1.79. The highest BCUT2D eigenvalue weighted by Gasteiger charge is 2.20. The fourth-order valence-electron chi connectivity index (χ4n) is 3.00. The summed E-state index contributed by atoms with van der Waals surface area (Å²) >= 11 is 1.50. The number of anilines is 1. The Labute approximate surface area is 157 Å². The lowest BCUT2D eigenvalue weighted by Gasteiger charge is -2.09. The van der Waals surface area contributed by atoms with Crippen LogP contribution >= 0.6 is 11.3 Å². The molecule has 4 aromatic rings. The van der Waals surface area contributed by atoms with E-state index in [1.165, 1.54) is 11.3 Å². The van der Waals surface area contributed by atoms with Gasteiger partial charge in [-0.1, -0.05) is 6.07 Å². The van der Waals surface area contributed by atoms with Crippen LogP contribution in [0.5, 0.6) is 0 Å². The number of carbonyl (C=O) groups is 1. The predicted octanol–water partition coefficient (Wildman–Crippen LogP) is 4.54. The molecule has 0 fully saturated rings. The maximum Gasteiger partial charge on any atom is 0.256 e. The minimum absolute atomic E-state index is 0.0432. The standard InChI is InChI=1S/C19H14F2N4OS/c1-10-17-14(19(26)22-13-7-11(20)6-12(21)8-13)9-15(16-4-3-5-27-16)23-18(17)25(2)24-10/h3-9H,1-2H3,(H,22,26). The molecule has 0 atom stereocenters. The first-order valence-electron chi connectivity index (χ1n) is 8.08. The van der Waals surface area contributed by atoms with E-state index in [-0.39, 0.29) is 5.69 Å². The third-order valence-corrected chi connectivity index (χ3v) is 5.00. The van der Waals surface area contributed by atoms with Crippen molar-refractivity contribution in [2.75, 3.05) is 5.32 Å². The van der Waals surface area contributed by atoms with Crippen LogP contribution in [0.1, 0.15) is 16.1 Å². The average Bonchev–Trinajstić information content (AvgIpc) is 3.22. The third-order valence-electron chi connectivity index (χ3n) is 4.11. The van der Waals surface area contributed by atoms with Gasteiger partial charge in [0.25, 0.3) is 5.91 Å². The van der Waals surface area contributed by atoms with Gasteiger partial charge in [-0.3, -0.25) is 9.48 Å². The number of nitrogens with zero attached hydrogens (tertiary/aromatic N) is 3. The number of nitrogens with one attached hydrogen (secondary N) is 1. The lowest BCUT2D eigenvalue weighted by molar-refractivity contribution is 0.102. The van der Waals surface area contributed by atoms with Crippen LogP contribution in [0, 0.1) is 18.6 Å². The number of benzene rings is 1. The van der Waals surface area contributed by atoms with Gasteiger partial charge in [0.15, 0.2) is 5.65 Å². The van der Waals surface area contributed by atoms with Crippen molar-refractivity contribution in [3.63, 3.8) is 0 Å². The highest BCUT2D eigenvalue weighted by Crippen LogP contribution is 2.29. The van der Waals surface area contributed by atoms with Crippen molar-refractivity contribution < 1.29 is 13.6 Å². The molecular weight excluding hydrogens is 370 g/mol. The van der Waals surface area contributed by atoms with Gasteiger partial charge in [0.05, 0.1) is 27.2 Å². The molecular formula is C19H14F2N4OS. The highest BCUT2D eigenvalue weighted by atomic mass is 32.1. The van der Waals surface area contributed by atoms with Crippen LogP contribution in [0.2, 0.25) is 0 Å². The second kappa shape index (κ2) is 6.55. The van der Waals surface area contributed by atoms with Crippen molar-refractivity contribution in [3.8, 4) is 10.6 Å². The molecule has 0 aliphatic heterocycles. The Balaban J connectivity index is 1.85. The SMILES string of the molecule is Cc1nn(C)c2nc(-c3cccs3)cc(C(=O)Nc3cc(F)cc(F)c3)c12. The fraction of sp³-hybridized carbons (Fsp3) is 0.105. The largest absolute Gasteiger partial charge is 0.322 e. The fourth-order valence-corrected chi connectivity index (χ4v) is 3.69. The lowest BCUT2D eigenvalue weighted by atomic mass is 10.1. The topological polar surface area (TPSA) is 59.8 Å². The van der Waals surface area contributed by atoms with Crippen molar-refractivity contribution in [2.45, 2.75) is 6.92 Å². The van der Waals surface area contributed by atoms with Gasteiger partial charge in [0, 0.05) is 18.8 Å². The molecule has 1 amide bonds. The second-order valence-electron chi connectivity index (χ2n) is 6.05.